The van der Waals surface area contributed by atoms with Gasteiger partial charge in [0.1, 0.15) is 0 Å². The average Bonchev–Trinajstić information content (AvgIpc) is 2.13. The molecule has 0 bridgehead atoms. The van der Waals surface area contributed by atoms with E-state index in [1.54, 1.807) is 6.92 Å². The molecule has 10 heavy (non-hydrogen) atoms. The van der Waals surface area contributed by atoms with Crippen LogP contribution in [0.25, 0.3) is 0 Å². The highest BCUT2D eigenvalue weighted by molar-refractivity contribution is 5.72. The van der Waals surface area contributed by atoms with Crippen LogP contribution in [0.1, 0.15) is 13.3 Å². The van der Waals surface area contributed by atoms with Gasteiger partial charge in [-0.1, -0.05) is 0 Å². The van der Waals surface area contributed by atoms with Gasteiger partial charge in [0, 0.05) is 6.42 Å². The number of ether oxygens (including phenoxy) is 1. The predicted octanol–water partition coefficient (Wildman–Crippen LogP) is -0.391. The molecule has 2 N–H and O–H groups in total. The summed E-state index contributed by atoms with van der Waals surface area (Å²) >= 11 is 0. The van der Waals surface area contributed by atoms with Gasteiger partial charge in [-0.05, 0) is 6.92 Å². The molecular weight excluding hydrogens is 136 g/mol. The van der Waals surface area contributed by atoms with Crippen LogP contribution < -0.4 is 0 Å². The average molecular weight is 146 g/mol. The summed E-state index contributed by atoms with van der Waals surface area (Å²) in [6.45, 7) is 1.66. The molecule has 0 aromatic carbocycles. The zero-order valence-electron chi connectivity index (χ0n) is 5.65. The summed E-state index contributed by atoms with van der Waals surface area (Å²) in [6, 6.07) is 0. The topological polar surface area (TPSA) is 66.8 Å². The number of aliphatic hydroxyl groups is 1. The quantitative estimate of drug-likeness (QED) is 0.528. The number of carboxylic acids is 1. The van der Waals surface area contributed by atoms with Crippen LogP contribution in [0.5, 0.6) is 0 Å². The van der Waals surface area contributed by atoms with E-state index in [9.17, 15) is 4.79 Å². The molecule has 0 amide bonds. The fourth-order valence-corrected chi connectivity index (χ4v) is 0.975. The summed E-state index contributed by atoms with van der Waals surface area (Å²) < 4.78 is 4.89. The second-order valence-corrected chi connectivity index (χ2v) is 2.47. The molecule has 1 saturated heterocycles. The molecule has 0 unspecified atom stereocenters. The van der Waals surface area contributed by atoms with Crippen LogP contribution in [0.15, 0.2) is 0 Å². The molecule has 0 spiro atoms. The molecule has 4 heteroatoms. The summed E-state index contributed by atoms with van der Waals surface area (Å²) in [4.78, 5) is 10.3. The first kappa shape index (κ1) is 7.50. The number of carbonyl (C=O) groups is 1. The number of aliphatic hydroxyl groups excluding tert-OH is 1. The van der Waals surface area contributed by atoms with E-state index < -0.39 is 18.2 Å². The Balaban J connectivity index is 2.49. The summed E-state index contributed by atoms with van der Waals surface area (Å²) in [7, 11) is 0. The lowest BCUT2D eigenvalue weighted by Crippen LogP contribution is -2.19. The molecule has 1 aliphatic heterocycles. The van der Waals surface area contributed by atoms with E-state index >= 15 is 0 Å². The molecule has 1 rings (SSSR count). The summed E-state index contributed by atoms with van der Waals surface area (Å²) in [6.07, 6.45) is -1.58. The Bertz CT molecular complexity index is 135. The standard InChI is InChI=1S/C6H10O4/c1-3-4(7)2-5(10-3)6(8)9/h3-5,7H,2H2,1H3,(H,8,9)/t3-,4-,5+/m1/s1. The fraction of sp³-hybridized carbons (Fsp3) is 0.833. The zero-order chi connectivity index (χ0) is 7.72. The van der Waals surface area contributed by atoms with Crippen molar-refractivity contribution in [2.75, 3.05) is 0 Å². The van der Waals surface area contributed by atoms with Crippen molar-refractivity contribution < 1.29 is 19.7 Å². The van der Waals surface area contributed by atoms with Crippen LogP contribution in [-0.2, 0) is 9.53 Å². The third-order valence-corrected chi connectivity index (χ3v) is 1.65. The van der Waals surface area contributed by atoms with Crippen LogP contribution in [0.3, 0.4) is 0 Å². The molecule has 0 aliphatic carbocycles. The normalized spacial score (nSPS) is 40.0. The largest absolute Gasteiger partial charge is 0.479 e. The summed E-state index contributed by atoms with van der Waals surface area (Å²) in [5.41, 5.74) is 0. The summed E-state index contributed by atoms with van der Waals surface area (Å²) in [5, 5.41) is 17.4. The molecule has 1 fully saturated rings. The van der Waals surface area contributed by atoms with Gasteiger partial charge in [-0.15, -0.1) is 0 Å². The van der Waals surface area contributed by atoms with Crippen molar-refractivity contribution in [3.63, 3.8) is 0 Å². The smallest absolute Gasteiger partial charge is 0.332 e. The molecule has 0 aromatic rings. The van der Waals surface area contributed by atoms with Gasteiger partial charge in [0.25, 0.3) is 0 Å². The highest BCUT2D eigenvalue weighted by Gasteiger charge is 2.34. The van der Waals surface area contributed by atoms with Crippen molar-refractivity contribution in [3.8, 4) is 0 Å². The Hall–Kier alpha value is -0.610. The maximum Gasteiger partial charge on any atom is 0.332 e. The number of hydrogen-bond acceptors (Lipinski definition) is 3. The van der Waals surface area contributed by atoms with Crippen LogP contribution in [-0.4, -0.2) is 34.5 Å². The minimum Gasteiger partial charge on any atom is -0.479 e. The summed E-state index contributed by atoms with van der Waals surface area (Å²) in [5.74, 6) is -0.997. The van der Waals surface area contributed by atoms with Gasteiger partial charge < -0.3 is 14.9 Å². The Morgan fingerprint density at radius 1 is 1.70 bits per heavy atom. The molecule has 4 nitrogen and oxygen atoms in total. The van der Waals surface area contributed by atoms with Crippen molar-refractivity contribution in [1.82, 2.24) is 0 Å². The predicted molar refractivity (Wildman–Crippen MR) is 32.6 cm³/mol. The van der Waals surface area contributed by atoms with Crippen molar-refractivity contribution in [2.45, 2.75) is 31.7 Å². The van der Waals surface area contributed by atoms with E-state index in [2.05, 4.69) is 0 Å². The van der Waals surface area contributed by atoms with Crippen LogP contribution in [0.4, 0.5) is 0 Å². The maximum absolute atomic E-state index is 10.3. The van der Waals surface area contributed by atoms with Crippen molar-refractivity contribution in [2.24, 2.45) is 0 Å². The number of carboxylic acid groups (broad SMARTS) is 1. The van der Waals surface area contributed by atoms with Gasteiger partial charge in [-0.3, -0.25) is 0 Å². The van der Waals surface area contributed by atoms with Gasteiger partial charge in [0.15, 0.2) is 6.10 Å². The van der Waals surface area contributed by atoms with E-state index in [1.165, 1.54) is 0 Å². The third-order valence-electron chi connectivity index (χ3n) is 1.65. The third kappa shape index (κ3) is 1.27. The van der Waals surface area contributed by atoms with Crippen LogP contribution >= 0.6 is 0 Å². The highest BCUT2D eigenvalue weighted by Crippen LogP contribution is 2.19. The van der Waals surface area contributed by atoms with Gasteiger partial charge in [-0.2, -0.15) is 0 Å². The minimum atomic E-state index is -0.997. The minimum absolute atomic E-state index is 0.205. The van der Waals surface area contributed by atoms with E-state index in [4.69, 9.17) is 14.9 Å². The fourth-order valence-electron chi connectivity index (χ4n) is 0.975. The lowest BCUT2D eigenvalue weighted by Gasteiger charge is -2.04. The molecule has 58 valence electrons. The molecule has 3 atom stereocenters. The first-order chi connectivity index (χ1) is 4.61. The van der Waals surface area contributed by atoms with Crippen molar-refractivity contribution in [3.05, 3.63) is 0 Å². The molecule has 0 saturated carbocycles. The van der Waals surface area contributed by atoms with E-state index in [0.717, 1.165) is 0 Å². The Morgan fingerprint density at radius 2 is 2.30 bits per heavy atom. The van der Waals surface area contributed by atoms with Gasteiger partial charge in [-0.25, -0.2) is 4.79 Å². The first-order valence-electron chi connectivity index (χ1n) is 3.17. The molecular formula is C6H10O4. The lowest BCUT2D eigenvalue weighted by atomic mass is 10.1. The highest BCUT2D eigenvalue weighted by atomic mass is 16.5. The van der Waals surface area contributed by atoms with E-state index in [1.807, 2.05) is 0 Å². The van der Waals surface area contributed by atoms with E-state index in [-0.39, 0.29) is 12.5 Å². The maximum atomic E-state index is 10.3. The Kier molecular flexibility index (Phi) is 1.92. The lowest BCUT2D eigenvalue weighted by molar-refractivity contribution is -0.149. The Labute approximate surface area is 58.4 Å². The second-order valence-electron chi connectivity index (χ2n) is 2.47. The van der Waals surface area contributed by atoms with Gasteiger partial charge in [0.2, 0.25) is 0 Å². The SMILES string of the molecule is C[C@H]1O[C@H](C(=O)O)C[C@H]1O. The van der Waals surface area contributed by atoms with Crippen LogP contribution in [0.2, 0.25) is 0 Å². The van der Waals surface area contributed by atoms with Gasteiger partial charge in [0.05, 0.1) is 12.2 Å². The first-order valence-corrected chi connectivity index (χ1v) is 3.17. The van der Waals surface area contributed by atoms with Gasteiger partial charge >= 0.3 is 5.97 Å². The number of aliphatic carboxylic acids is 1. The van der Waals surface area contributed by atoms with Crippen molar-refractivity contribution >= 4 is 5.97 Å². The Morgan fingerprint density at radius 3 is 2.50 bits per heavy atom. The molecule has 0 aromatic heterocycles. The van der Waals surface area contributed by atoms with Crippen LogP contribution in [0, 0.1) is 0 Å². The second kappa shape index (κ2) is 2.56. The number of rotatable bonds is 1. The molecule has 1 aliphatic rings. The number of hydrogen-bond donors (Lipinski definition) is 2. The van der Waals surface area contributed by atoms with E-state index in [0.29, 0.717) is 0 Å². The zero-order valence-corrected chi connectivity index (χ0v) is 5.65. The molecule has 1 heterocycles. The molecule has 0 radical (unpaired) electrons. The monoisotopic (exact) mass is 146 g/mol. The van der Waals surface area contributed by atoms with Crippen molar-refractivity contribution in [1.29, 1.82) is 0 Å².